The number of benzene rings is 2. The molecule has 0 saturated carbocycles. The van der Waals surface area contributed by atoms with Crippen molar-refractivity contribution in [1.29, 1.82) is 0 Å². The monoisotopic (exact) mass is 250 g/mol. The van der Waals surface area contributed by atoms with Crippen LogP contribution >= 0.6 is 0 Å². The third-order valence-corrected chi connectivity index (χ3v) is 4.51. The first kappa shape index (κ1) is 12.1. The first-order valence-electron chi connectivity index (χ1n) is 5.33. The van der Waals surface area contributed by atoms with Gasteiger partial charge in [-0.05, 0) is 23.3 Å². The molecule has 0 heterocycles. The Balaban J connectivity index is 2.64. The smallest absolute Gasteiger partial charge is 0.273 e. The zero-order valence-corrected chi connectivity index (χ0v) is 10.6. The summed E-state index contributed by atoms with van der Waals surface area (Å²) in [6.45, 7) is 1.64. The van der Waals surface area contributed by atoms with Crippen molar-refractivity contribution in [3.8, 4) is 0 Å². The van der Waals surface area contributed by atoms with E-state index in [1.165, 1.54) is 7.11 Å². The van der Waals surface area contributed by atoms with E-state index in [1.54, 1.807) is 6.92 Å². The van der Waals surface area contributed by atoms with E-state index in [1.807, 2.05) is 42.5 Å². The topological polar surface area (TPSA) is 43.4 Å². The van der Waals surface area contributed by atoms with Crippen LogP contribution in [0, 0.1) is 0 Å². The van der Waals surface area contributed by atoms with Gasteiger partial charge in [-0.25, -0.2) is 0 Å². The van der Waals surface area contributed by atoms with Crippen molar-refractivity contribution in [2.24, 2.45) is 0 Å². The van der Waals surface area contributed by atoms with Crippen molar-refractivity contribution in [1.82, 2.24) is 0 Å². The van der Waals surface area contributed by atoms with Gasteiger partial charge in [0.05, 0.1) is 7.11 Å². The van der Waals surface area contributed by atoms with Crippen LogP contribution < -0.4 is 0 Å². The predicted molar refractivity (Wildman–Crippen MR) is 68.3 cm³/mol. The average molecular weight is 250 g/mol. The van der Waals surface area contributed by atoms with Gasteiger partial charge in [-0.2, -0.15) is 8.42 Å². The molecular formula is C13H14O3S. The fourth-order valence-corrected chi connectivity index (χ4v) is 2.71. The lowest BCUT2D eigenvalue weighted by Gasteiger charge is -2.13. The molecular weight excluding hydrogens is 236 g/mol. The Morgan fingerprint density at radius 1 is 1.06 bits per heavy atom. The second kappa shape index (κ2) is 4.47. The molecule has 1 atom stereocenters. The van der Waals surface area contributed by atoms with Gasteiger partial charge in [-0.1, -0.05) is 42.5 Å². The highest BCUT2D eigenvalue weighted by atomic mass is 32.2. The highest BCUT2D eigenvalue weighted by molar-refractivity contribution is 7.87. The Bertz CT molecular complexity index is 627. The summed E-state index contributed by atoms with van der Waals surface area (Å²) in [6.07, 6.45) is 0. The first-order chi connectivity index (χ1) is 8.06. The van der Waals surface area contributed by atoms with Crippen LogP contribution in [-0.2, 0) is 14.3 Å². The molecule has 0 N–H and O–H groups in total. The maximum absolute atomic E-state index is 11.7. The van der Waals surface area contributed by atoms with Crippen molar-refractivity contribution in [3.05, 3.63) is 48.0 Å². The first-order valence-corrected chi connectivity index (χ1v) is 6.80. The van der Waals surface area contributed by atoms with E-state index in [4.69, 9.17) is 0 Å². The van der Waals surface area contributed by atoms with Crippen LogP contribution in [0.25, 0.3) is 10.8 Å². The Morgan fingerprint density at radius 2 is 1.71 bits per heavy atom. The van der Waals surface area contributed by atoms with Crippen LogP contribution in [0.1, 0.15) is 17.7 Å². The molecule has 0 saturated heterocycles. The molecule has 17 heavy (non-hydrogen) atoms. The summed E-state index contributed by atoms with van der Waals surface area (Å²) in [5, 5.41) is 1.31. The lowest BCUT2D eigenvalue weighted by atomic mass is 10.0. The van der Waals surface area contributed by atoms with E-state index in [9.17, 15) is 8.42 Å². The van der Waals surface area contributed by atoms with Crippen LogP contribution in [0.5, 0.6) is 0 Å². The Hall–Kier alpha value is -1.39. The van der Waals surface area contributed by atoms with Gasteiger partial charge in [0.2, 0.25) is 0 Å². The van der Waals surface area contributed by atoms with Crippen molar-refractivity contribution < 1.29 is 12.6 Å². The molecule has 0 aromatic heterocycles. The number of hydrogen-bond donors (Lipinski definition) is 0. The van der Waals surface area contributed by atoms with Crippen LogP contribution in [0.2, 0.25) is 0 Å². The quantitative estimate of drug-likeness (QED) is 0.787. The largest absolute Gasteiger partial charge is 0.273 e. The van der Waals surface area contributed by atoms with E-state index < -0.39 is 15.4 Å². The second-order valence-electron chi connectivity index (χ2n) is 3.87. The lowest BCUT2D eigenvalue weighted by molar-refractivity contribution is 0.390. The van der Waals surface area contributed by atoms with Crippen LogP contribution in [-0.4, -0.2) is 15.5 Å². The summed E-state index contributed by atoms with van der Waals surface area (Å²) in [5.74, 6) is 0. The third kappa shape index (κ3) is 2.18. The third-order valence-electron chi connectivity index (χ3n) is 2.93. The molecule has 0 fully saturated rings. The zero-order chi connectivity index (χ0) is 12.5. The number of hydrogen-bond acceptors (Lipinski definition) is 3. The summed E-state index contributed by atoms with van der Waals surface area (Å²) in [4.78, 5) is 0. The van der Waals surface area contributed by atoms with Gasteiger partial charge in [-0.3, -0.25) is 4.18 Å². The molecule has 0 spiro atoms. The van der Waals surface area contributed by atoms with Gasteiger partial charge >= 0.3 is 0 Å². The van der Waals surface area contributed by atoms with Crippen LogP contribution in [0.3, 0.4) is 0 Å². The Morgan fingerprint density at radius 3 is 2.41 bits per heavy atom. The van der Waals surface area contributed by atoms with Crippen LogP contribution in [0.4, 0.5) is 0 Å². The molecule has 2 aromatic rings. The van der Waals surface area contributed by atoms with Crippen molar-refractivity contribution in [3.63, 3.8) is 0 Å². The molecule has 90 valence electrons. The van der Waals surface area contributed by atoms with Crippen molar-refractivity contribution in [2.75, 3.05) is 7.11 Å². The maximum Gasteiger partial charge on any atom is 0.273 e. The van der Waals surface area contributed by atoms with E-state index in [0.717, 1.165) is 16.3 Å². The minimum atomic E-state index is -3.54. The molecule has 2 rings (SSSR count). The molecule has 0 amide bonds. The van der Waals surface area contributed by atoms with Gasteiger partial charge < -0.3 is 0 Å². The van der Waals surface area contributed by atoms with Gasteiger partial charge in [-0.15, -0.1) is 0 Å². The average Bonchev–Trinajstić information content (AvgIpc) is 2.37. The molecule has 0 aliphatic carbocycles. The summed E-state index contributed by atoms with van der Waals surface area (Å²) >= 11 is 0. The minimum absolute atomic E-state index is 0.668. The van der Waals surface area contributed by atoms with Crippen LogP contribution in [0.15, 0.2) is 42.5 Å². The summed E-state index contributed by atoms with van der Waals surface area (Å²) < 4.78 is 28.0. The normalized spacial score (nSPS) is 13.8. The fraction of sp³-hybridized carbons (Fsp3) is 0.231. The SMILES string of the molecule is COS(=O)(=O)C(C)c1cccc2ccccc12. The van der Waals surface area contributed by atoms with Gasteiger partial charge in [0.25, 0.3) is 10.1 Å². The summed E-state index contributed by atoms with van der Waals surface area (Å²) in [5.41, 5.74) is 0.768. The second-order valence-corrected chi connectivity index (χ2v) is 5.90. The molecule has 1 unspecified atom stereocenters. The minimum Gasteiger partial charge on any atom is -0.273 e. The number of rotatable bonds is 3. The van der Waals surface area contributed by atoms with Crippen molar-refractivity contribution in [2.45, 2.75) is 12.2 Å². The predicted octanol–water partition coefficient (Wildman–Crippen LogP) is 2.88. The van der Waals surface area contributed by atoms with E-state index in [0.29, 0.717) is 0 Å². The molecule has 2 aromatic carbocycles. The molecule has 0 aliphatic rings. The molecule has 0 aliphatic heterocycles. The highest BCUT2D eigenvalue weighted by Gasteiger charge is 2.23. The molecule has 3 nitrogen and oxygen atoms in total. The molecule has 0 radical (unpaired) electrons. The highest BCUT2D eigenvalue weighted by Crippen LogP contribution is 2.29. The van der Waals surface area contributed by atoms with Crippen molar-refractivity contribution >= 4 is 20.9 Å². The van der Waals surface area contributed by atoms with E-state index in [2.05, 4.69) is 4.18 Å². The fourth-order valence-electron chi connectivity index (χ4n) is 1.90. The maximum atomic E-state index is 11.7. The Labute approximate surface area is 101 Å². The van der Waals surface area contributed by atoms with Gasteiger partial charge in [0.1, 0.15) is 5.25 Å². The zero-order valence-electron chi connectivity index (χ0n) is 9.75. The van der Waals surface area contributed by atoms with E-state index in [-0.39, 0.29) is 0 Å². The standard InChI is InChI=1S/C13H14O3S/c1-10(17(14,15)16-2)12-9-5-7-11-6-3-4-8-13(11)12/h3-10H,1-2H3. The molecule has 0 bridgehead atoms. The number of fused-ring (bicyclic) bond motifs is 1. The van der Waals surface area contributed by atoms with Gasteiger partial charge in [0, 0.05) is 0 Å². The summed E-state index contributed by atoms with van der Waals surface area (Å²) in [6, 6.07) is 13.4. The van der Waals surface area contributed by atoms with Gasteiger partial charge in [0.15, 0.2) is 0 Å². The van der Waals surface area contributed by atoms with E-state index >= 15 is 0 Å². The lowest BCUT2D eigenvalue weighted by Crippen LogP contribution is -2.11. The summed E-state index contributed by atoms with van der Waals surface area (Å²) in [7, 11) is -2.35. The Kier molecular flexibility index (Phi) is 3.17. The molecule has 4 heteroatoms.